The summed E-state index contributed by atoms with van der Waals surface area (Å²) >= 11 is 0. The largest absolute Gasteiger partial charge is 0.324 e. The van der Waals surface area contributed by atoms with Crippen molar-refractivity contribution in [1.29, 1.82) is 0 Å². The number of aromatic nitrogens is 8. The lowest BCUT2D eigenvalue weighted by molar-refractivity contribution is 1.19. The number of rotatable bonds is 4. The Hall–Kier alpha value is -8.88. The number of fused-ring (bicyclic) bond motifs is 20. The summed E-state index contributed by atoms with van der Waals surface area (Å²) in [6.07, 6.45) is 0. The number of aryl methyl sites for hydroxylation is 4. The predicted molar refractivity (Wildman–Crippen MR) is 277 cm³/mol. The van der Waals surface area contributed by atoms with E-state index in [2.05, 4.69) is 208 Å². The summed E-state index contributed by atoms with van der Waals surface area (Å²) in [6, 6.07) is 60.2. The molecule has 2 N–H and O–H groups in total. The average Bonchev–Trinajstić information content (AvgIpc) is 4.09. The Morgan fingerprint density at radius 1 is 0.235 bits per heavy atom. The molecule has 8 bridgehead atoms. The number of aromatic amines is 2. The first-order valence-corrected chi connectivity index (χ1v) is 22.9. The minimum Gasteiger partial charge on any atom is -0.324 e. The molecule has 3 aromatic heterocycles. The highest BCUT2D eigenvalue weighted by Crippen LogP contribution is 2.41. The molecule has 8 nitrogen and oxygen atoms in total. The van der Waals surface area contributed by atoms with Gasteiger partial charge in [-0.2, -0.15) is 0 Å². The topological polar surface area (TPSA) is 109 Å². The average molecular weight is 875 g/mol. The van der Waals surface area contributed by atoms with Gasteiger partial charge in [0.15, 0.2) is 23.3 Å². The van der Waals surface area contributed by atoms with Gasteiger partial charge < -0.3 is 9.97 Å². The monoisotopic (exact) mass is 874 g/mol. The van der Waals surface area contributed by atoms with Crippen LogP contribution < -0.4 is 0 Å². The van der Waals surface area contributed by atoms with Crippen molar-refractivity contribution in [3.05, 3.63) is 192 Å². The van der Waals surface area contributed by atoms with Crippen LogP contribution in [0.15, 0.2) is 170 Å². The maximum atomic E-state index is 5.39. The van der Waals surface area contributed by atoms with E-state index in [1.807, 2.05) is 0 Å². The van der Waals surface area contributed by atoms with E-state index in [0.29, 0.717) is 45.9 Å². The molecule has 0 aliphatic carbocycles. The van der Waals surface area contributed by atoms with Crippen molar-refractivity contribution >= 4 is 44.1 Å². The Bertz CT molecular complexity index is 3770. The standard InChI is InChI=1S/C60H42N8/c1-33-5-13-37(14-6-33)41-21-25-45-49(29-41)57-61-53(45)66-58-51-31-43(39-17-9-35(3)10-18-39)23-27-47(51)55(63-58)68-60-52-32-44(40-19-11-36(4)12-20-40)24-28-48(52)56(64-60)67-59-50-30-42(38-15-7-34(2)8-16-38)22-26-46(50)54(62-59)65-57/h5-32H,1-4H3,(H2,61,62,63,64,65,66,67,68). The smallest absolute Gasteiger partial charge is 0.164 e. The van der Waals surface area contributed by atoms with Crippen molar-refractivity contribution in [2.45, 2.75) is 27.7 Å². The van der Waals surface area contributed by atoms with Gasteiger partial charge in [0.1, 0.15) is 22.6 Å². The number of nitrogens with one attached hydrogen (secondary N) is 2. The molecule has 5 heterocycles. The Balaban J connectivity index is 1.13. The summed E-state index contributed by atoms with van der Waals surface area (Å²) in [7, 11) is 0. The Morgan fingerprint density at radius 2 is 0.500 bits per heavy atom. The number of nitrogens with zero attached hydrogens (tertiary/aromatic N) is 6. The van der Waals surface area contributed by atoms with Crippen molar-refractivity contribution in [3.63, 3.8) is 0 Å². The van der Waals surface area contributed by atoms with E-state index in [1.165, 1.54) is 22.3 Å². The Kier molecular flexibility index (Phi) is 8.92. The minimum atomic E-state index is 0.557. The lowest BCUT2D eigenvalue weighted by atomic mass is 9.99. The molecule has 0 amide bonds. The zero-order valence-corrected chi connectivity index (χ0v) is 37.8. The molecule has 2 aliphatic heterocycles. The lowest BCUT2D eigenvalue weighted by Gasteiger charge is -2.06. The van der Waals surface area contributed by atoms with Crippen LogP contribution >= 0.6 is 0 Å². The molecule has 0 unspecified atom stereocenters. The lowest BCUT2D eigenvalue weighted by Crippen LogP contribution is -1.86. The molecule has 0 atom stereocenters. The van der Waals surface area contributed by atoms with Crippen LogP contribution in [0.1, 0.15) is 22.3 Å². The minimum absolute atomic E-state index is 0.557. The fourth-order valence-corrected chi connectivity index (χ4v) is 9.50. The zero-order valence-electron chi connectivity index (χ0n) is 37.8. The SMILES string of the molecule is Cc1ccc(-c2ccc3c(c2)-c2nc-3nc3[nH]c(nc4nc(nc5[nH]c(n2)c2ccc(-c6ccc(C)cc6)cc52)-c2ccc(-c5ccc(C)cc5)cc2-4)c2ccc(-c4ccc(C)cc4)cc32)cc1. The highest BCUT2D eigenvalue weighted by atomic mass is 15.1. The van der Waals surface area contributed by atoms with E-state index in [4.69, 9.17) is 29.9 Å². The third-order valence-electron chi connectivity index (χ3n) is 13.4. The Labute approximate surface area is 392 Å². The normalized spacial score (nSPS) is 11.8. The fourth-order valence-electron chi connectivity index (χ4n) is 9.50. The first-order chi connectivity index (χ1) is 33.2. The van der Waals surface area contributed by atoms with Crippen LogP contribution in [0.5, 0.6) is 0 Å². The fraction of sp³-hybridized carbons (Fsp3) is 0.0667. The molecule has 8 heteroatoms. The second-order valence-electron chi connectivity index (χ2n) is 18.1. The van der Waals surface area contributed by atoms with Gasteiger partial charge in [-0.1, -0.05) is 144 Å². The second-order valence-corrected chi connectivity index (χ2v) is 18.1. The molecule has 0 spiro atoms. The molecule has 0 saturated heterocycles. The number of hydrogen-bond donors (Lipinski definition) is 2. The Morgan fingerprint density at radius 3 is 0.838 bits per heavy atom. The highest BCUT2D eigenvalue weighted by Gasteiger charge is 2.24. The third-order valence-corrected chi connectivity index (χ3v) is 13.4. The van der Waals surface area contributed by atoms with Crippen LogP contribution in [0.3, 0.4) is 0 Å². The van der Waals surface area contributed by atoms with Gasteiger partial charge in [0, 0.05) is 43.8 Å². The molecule has 2 aliphatic rings. The van der Waals surface area contributed by atoms with Crippen LogP contribution in [0.4, 0.5) is 0 Å². The van der Waals surface area contributed by atoms with E-state index in [-0.39, 0.29) is 0 Å². The predicted octanol–water partition coefficient (Wildman–Crippen LogP) is 14.8. The summed E-state index contributed by atoms with van der Waals surface area (Å²) in [5, 5.41) is 3.67. The van der Waals surface area contributed by atoms with Crippen molar-refractivity contribution < 1.29 is 0 Å². The van der Waals surface area contributed by atoms with E-state index < -0.39 is 0 Å². The van der Waals surface area contributed by atoms with Gasteiger partial charge in [-0.05, 0) is 121 Å². The summed E-state index contributed by atoms with van der Waals surface area (Å²) in [4.78, 5) is 39.4. The van der Waals surface area contributed by atoms with Crippen LogP contribution in [-0.2, 0) is 0 Å². The first kappa shape index (κ1) is 39.5. The number of H-pyrrole nitrogens is 2. The van der Waals surface area contributed by atoms with Crippen LogP contribution in [0.2, 0.25) is 0 Å². The molecule has 0 radical (unpaired) electrons. The number of hydrogen-bond acceptors (Lipinski definition) is 6. The van der Waals surface area contributed by atoms with Crippen molar-refractivity contribution in [2.75, 3.05) is 0 Å². The molecule has 322 valence electrons. The summed E-state index contributed by atoms with van der Waals surface area (Å²) in [5.74, 6) is 2.23. The van der Waals surface area contributed by atoms with Gasteiger partial charge in [-0.3, -0.25) is 0 Å². The summed E-state index contributed by atoms with van der Waals surface area (Å²) < 4.78 is 0. The molecule has 68 heavy (non-hydrogen) atoms. The van der Waals surface area contributed by atoms with Crippen LogP contribution in [0.25, 0.3) is 134 Å². The van der Waals surface area contributed by atoms with Gasteiger partial charge in [0.25, 0.3) is 0 Å². The van der Waals surface area contributed by atoms with Crippen LogP contribution in [-0.4, -0.2) is 39.9 Å². The molecular weight excluding hydrogens is 833 g/mol. The molecular formula is C60H42N8. The maximum absolute atomic E-state index is 5.39. The highest BCUT2D eigenvalue weighted by molar-refractivity contribution is 6.08. The molecule has 13 rings (SSSR count). The van der Waals surface area contributed by atoms with Gasteiger partial charge in [0.2, 0.25) is 0 Å². The third kappa shape index (κ3) is 6.76. The molecule has 0 fully saturated rings. The summed E-state index contributed by atoms with van der Waals surface area (Å²) in [5.41, 5.74) is 19.7. The van der Waals surface area contributed by atoms with Crippen molar-refractivity contribution in [1.82, 2.24) is 39.9 Å². The van der Waals surface area contributed by atoms with Gasteiger partial charge >= 0.3 is 0 Å². The molecule has 11 aromatic rings. The second kappa shape index (κ2) is 15.4. The van der Waals surface area contributed by atoms with Crippen LogP contribution in [0, 0.1) is 27.7 Å². The van der Waals surface area contributed by atoms with E-state index in [9.17, 15) is 0 Å². The molecule has 0 saturated carbocycles. The summed E-state index contributed by atoms with van der Waals surface area (Å²) in [6.45, 7) is 8.43. The zero-order chi connectivity index (χ0) is 45.6. The quantitative estimate of drug-likeness (QED) is 0.182. The number of benzene rings is 8. The van der Waals surface area contributed by atoms with Gasteiger partial charge in [-0.15, -0.1) is 0 Å². The molecule has 8 aromatic carbocycles. The van der Waals surface area contributed by atoms with E-state index >= 15 is 0 Å². The van der Waals surface area contributed by atoms with Crippen molar-refractivity contribution in [2.24, 2.45) is 0 Å². The van der Waals surface area contributed by atoms with E-state index in [0.717, 1.165) is 88.3 Å². The van der Waals surface area contributed by atoms with E-state index in [1.54, 1.807) is 0 Å². The maximum Gasteiger partial charge on any atom is 0.164 e. The van der Waals surface area contributed by atoms with Gasteiger partial charge in [-0.25, -0.2) is 29.9 Å². The first-order valence-electron chi connectivity index (χ1n) is 22.9. The van der Waals surface area contributed by atoms with Gasteiger partial charge in [0.05, 0.1) is 0 Å². The van der Waals surface area contributed by atoms with Crippen molar-refractivity contribution in [3.8, 4) is 90.1 Å².